The summed E-state index contributed by atoms with van der Waals surface area (Å²) in [7, 11) is 0. The van der Waals surface area contributed by atoms with Crippen molar-refractivity contribution in [2.45, 2.75) is 57.2 Å². The summed E-state index contributed by atoms with van der Waals surface area (Å²) in [6.07, 6.45) is 13.4. The third-order valence-electron chi connectivity index (χ3n) is 4.21. The lowest BCUT2D eigenvalue weighted by atomic mass is 9.97. The van der Waals surface area contributed by atoms with Crippen LogP contribution >= 0.6 is 0 Å². The average molecular weight is 261 g/mol. The van der Waals surface area contributed by atoms with Gasteiger partial charge in [0.2, 0.25) is 5.95 Å². The summed E-state index contributed by atoms with van der Waals surface area (Å²) in [6, 6.07) is 1.86. The van der Waals surface area contributed by atoms with Crippen molar-refractivity contribution in [3.63, 3.8) is 0 Å². The van der Waals surface area contributed by atoms with E-state index in [2.05, 4.69) is 14.9 Å². The highest BCUT2D eigenvalue weighted by molar-refractivity contribution is 5.28. The van der Waals surface area contributed by atoms with Crippen LogP contribution in [0.4, 0.5) is 5.95 Å². The number of aromatic nitrogens is 2. The molecule has 2 aliphatic rings. The molecule has 0 spiro atoms. The minimum absolute atomic E-state index is 0.447. The first-order chi connectivity index (χ1) is 9.42. The molecule has 1 saturated carbocycles. The molecule has 1 aromatic heterocycles. The van der Waals surface area contributed by atoms with E-state index in [1.165, 1.54) is 32.1 Å². The summed E-state index contributed by atoms with van der Waals surface area (Å²) in [4.78, 5) is 10.9. The molecule has 2 fully saturated rings. The van der Waals surface area contributed by atoms with Gasteiger partial charge in [0.05, 0.1) is 12.2 Å². The molecule has 1 saturated heterocycles. The zero-order chi connectivity index (χ0) is 12.9. The van der Waals surface area contributed by atoms with E-state index in [0.717, 1.165) is 31.9 Å². The minimum atomic E-state index is 0.447. The Labute approximate surface area is 115 Å². The largest absolute Gasteiger partial charge is 0.375 e. The normalized spacial score (nSPS) is 22.6. The maximum atomic E-state index is 6.25. The number of piperidine rings is 1. The lowest BCUT2D eigenvalue weighted by molar-refractivity contribution is -0.0396. The van der Waals surface area contributed by atoms with E-state index in [-0.39, 0.29) is 0 Å². The maximum Gasteiger partial charge on any atom is 0.225 e. The van der Waals surface area contributed by atoms with Crippen LogP contribution in [-0.2, 0) is 4.74 Å². The molecule has 4 heteroatoms. The first kappa shape index (κ1) is 12.9. The van der Waals surface area contributed by atoms with Crippen LogP contribution in [0.2, 0.25) is 0 Å². The smallest absolute Gasteiger partial charge is 0.225 e. The van der Waals surface area contributed by atoms with Crippen LogP contribution in [0.5, 0.6) is 0 Å². The SMILES string of the molecule is c1cnc(N2CCC(OC3CCCCC3)CC2)nc1. The number of anilines is 1. The first-order valence-electron chi connectivity index (χ1n) is 7.59. The van der Waals surface area contributed by atoms with Crippen molar-refractivity contribution in [3.05, 3.63) is 18.5 Å². The monoisotopic (exact) mass is 261 g/mol. The van der Waals surface area contributed by atoms with Crippen LogP contribution in [0.15, 0.2) is 18.5 Å². The fraction of sp³-hybridized carbons (Fsp3) is 0.733. The van der Waals surface area contributed by atoms with E-state index in [9.17, 15) is 0 Å². The molecule has 1 aromatic rings. The fourth-order valence-electron chi connectivity index (χ4n) is 3.12. The van der Waals surface area contributed by atoms with Gasteiger partial charge in [-0.3, -0.25) is 0 Å². The van der Waals surface area contributed by atoms with Crippen molar-refractivity contribution in [1.29, 1.82) is 0 Å². The van der Waals surface area contributed by atoms with E-state index in [1.807, 2.05) is 18.5 Å². The first-order valence-corrected chi connectivity index (χ1v) is 7.59. The molecule has 0 amide bonds. The maximum absolute atomic E-state index is 6.25. The second-order valence-corrected chi connectivity index (χ2v) is 5.63. The van der Waals surface area contributed by atoms with Gasteiger partial charge in [-0.1, -0.05) is 19.3 Å². The van der Waals surface area contributed by atoms with Gasteiger partial charge in [0.1, 0.15) is 0 Å². The number of ether oxygens (including phenoxy) is 1. The quantitative estimate of drug-likeness (QED) is 0.838. The molecule has 1 aliphatic heterocycles. The van der Waals surface area contributed by atoms with Crippen molar-refractivity contribution in [3.8, 4) is 0 Å². The summed E-state index contributed by atoms with van der Waals surface area (Å²) < 4.78 is 6.25. The van der Waals surface area contributed by atoms with Gasteiger partial charge in [0, 0.05) is 25.5 Å². The molecule has 1 aliphatic carbocycles. The molecule has 0 aromatic carbocycles. The Bertz CT molecular complexity index is 370. The molecule has 2 heterocycles. The molecule has 4 nitrogen and oxygen atoms in total. The molecular formula is C15H23N3O. The van der Waals surface area contributed by atoms with Gasteiger partial charge in [0.25, 0.3) is 0 Å². The Hall–Kier alpha value is -1.16. The third-order valence-corrected chi connectivity index (χ3v) is 4.21. The molecule has 0 radical (unpaired) electrons. The summed E-state index contributed by atoms with van der Waals surface area (Å²) in [5, 5.41) is 0. The lowest BCUT2D eigenvalue weighted by Crippen LogP contribution is -2.39. The number of rotatable bonds is 3. The Morgan fingerprint density at radius 3 is 2.21 bits per heavy atom. The van der Waals surface area contributed by atoms with E-state index < -0.39 is 0 Å². The second kappa shape index (κ2) is 6.33. The summed E-state index contributed by atoms with van der Waals surface area (Å²) in [5.41, 5.74) is 0. The van der Waals surface area contributed by atoms with Gasteiger partial charge in [-0.2, -0.15) is 0 Å². The van der Waals surface area contributed by atoms with E-state index in [0.29, 0.717) is 12.2 Å². The molecule has 3 rings (SSSR count). The lowest BCUT2D eigenvalue weighted by Gasteiger charge is -2.34. The molecule has 0 N–H and O–H groups in total. The minimum Gasteiger partial charge on any atom is -0.375 e. The average Bonchev–Trinajstić information content (AvgIpc) is 2.50. The molecule has 104 valence electrons. The van der Waals surface area contributed by atoms with Crippen molar-refractivity contribution in [2.24, 2.45) is 0 Å². The fourth-order valence-corrected chi connectivity index (χ4v) is 3.12. The predicted molar refractivity (Wildman–Crippen MR) is 75.2 cm³/mol. The van der Waals surface area contributed by atoms with Gasteiger partial charge >= 0.3 is 0 Å². The zero-order valence-corrected chi connectivity index (χ0v) is 11.5. The standard InChI is InChI=1S/C15H23N3O/c1-2-5-13(6-3-1)19-14-7-11-18(12-8-14)15-16-9-4-10-17-15/h4,9-10,13-14H,1-3,5-8,11-12H2. The highest BCUT2D eigenvalue weighted by Crippen LogP contribution is 2.25. The van der Waals surface area contributed by atoms with Crippen LogP contribution in [0.3, 0.4) is 0 Å². The topological polar surface area (TPSA) is 38.2 Å². The van der Waals surface area contributed by atoms with Crippen LogP contribution in [-0.4, -0.2) is 35.3 Å². The highest BCUT2D eigenvalue weighted by Gasteiger charge is 2.24. The van der Waals surface area contributed by atoms with Crippen LogP contribution in [0.1, 0.15) is 44.9 Å². The molecule has 0 atom stereocenters. The summed E-state index contributed by atoms with van der Waals surface area (Å²) in [6.45, 7) is 2.03. The molecule has 19 heavy (non-hydrogen) atoms. The van der Waals surface area contributed by atoms with Crippen molar-refractivity contribution in [2.75, 3.05) is 18.0 Å². The van der Waals surface area contributed by atoms with Gasteiger partial charge in [-0.25, -0.2) is 9.97 Å². The number of hydrogen-bond donors (Lipinski definition) is 0. The second-order valence-electron chi connectivity index (χ2n) is 5.63. The van der Waals surface area contributed by atoms with Crippen molar-refractivity contribution in [1.82, 2.24) is 9.97 Å². The van der Waals surface area contributed by atoms with Crippen LogP contribution < -0.4 is 4.90 Å². The van der Waals surface area contributed by atoms with Gasteiger partial charge in [-0.15, -0.1) is 0 Å². The van der Waals surface area contributed by atoms with Gasteiger partial charge in [0.15, 0.2) is 0 Å². The third kappa shape index (κ3) is 3.44. The Kier molecular flexibility index (Phi) is 4.28. The van der Waals surface area contributed by atoms with Crippen molar-refractivity contribution < 1.29 is 4.74 Å². The van der Waals surface area contributed by atoms with E-state index >= 15 is 0 Å². The Balaban J connectivity index is 1.46. The van der Waals surface area contributed by atoms with E-state index in [1.54, 1.807) is 0 Å². The molecular weight excluding hydrogens is 238 g/mol. The molecule has 0 unspecified atom stereocenters. The zero-order valence-electron chi connectivity index (χ0n) is 11.5. The Morgan fingerprint density at radius 1 is 0.895 bits per heavy atom. The highest BCUT2D eigenvalue weighted by atomic mass is 16.5. The predicted octanol–water partition coefficient (Wildman–Crippen LogP) is 2.79. The number of hydrogen-bond acceptors (Lipinski definition) is 4. The summed E-state index contributed by atoms with van der Waals surface area (Å²) in [5.74, 6) is 0.860. The van der Waals surface area contributed by atoms with Gasteiger partial charge < -0.3 is 9.64 Å². The Morgan fingerprint density at radius 2 is 1.53 bits per heavy atom. The van der Waals surface area contributed by atoms with Crippen molar-refractivity contribution >= 4 is 5.95 Å². The molecule has 0 bridgehead atoms. The van der Waals surface area contributed by atoms with E-state index in [4.69, 9.17) is 4.74 Å². The van der Waals surface area contributed by atoms with Gasteiger partial charge in [-0.05, 0) is 31.7 Å². The summed E-state index contributed by atoms with van der Waals surface area (Å²) >= 11 is 0. The van der Waals surface area contributed by atoms with Crippen LogP contribution in [0, 0.1) is 0 Å². The van der Waals surface area contributed by atoms with Crippen LogP contribution in [0.25, 0.3) is 0 Å². The number of nitrogens with zero attached hydrogens (tertiary/aromatic N) is 3.